The number of rotatable bonds is 2. The Hall–Kier alpha value is -2.85. The second kappa shape index (κ2) is 5.98. The van der Waals surface area contributed by atoms with Crippen LogP contribution in [0.5, 0.6) is 0 Å². The lowest BCUT2D eigenvalue weighted by Crippen LogP contribution is -2.64. The van der Waals surface area contributed by atoms with Crippen molar-refractivity contribution in [2.45, 2.75) is 6.04 Å². The van der Waals surface area contributed by atoms with Crippen LogP contribution in [0.1, 0.15) is 0 Å². The van der Waals surface area contributed by atoms with Gasteiger partial charge in [-0.15, -0.1) is 0 Å². The molecule has 1 amide bonds. The van der Waals surface area contributed by atoms with Crippen LogP contribution in [0.25, 0.3) is 11.3 Å². The SMILES string of the molecule is N#CN1CCN2CCN(c3cc(-c4ccccc4)on3)C(=O)C2C1. The molecule has 3 heterocycles. The number of nitriles is 1. The molecule has 7 nitrogen and oxygen atoms in total. The second-order valence-corrected chi connectivity index (χ2v) is 6.00. The van der Waals surface area contributed by atoms with Gasteiger partial charge in [0.25, 0.3) is 0 Å². The molecule has 2 aliphatic heterocycles. The number of anilines is 1. The molecule has 0 aliphatic carbocycles. The van der Waals surface area contributed by atoms with Crippen molar-refractivity contribution in [3.63, 3.8) is 0 Å². The number of aromatic nitrogens is 1. The van der Waals surface area contributed by atoms with Gasteiger partial charge in [0.2, 0.25) is 5.91 Å². The number of piperazine rings is 2. The molecule has 2 aliphatic rings. The highest BCUT2D eigenvalue weighted by molar-refractivity contribution is 5.97. The number of hydrogen-bond acceptors (Lipinski definition) is 6. The van der Waals surface area contributed by atoms with Crippen LogP contribution < -0.4 is 4.90 Å². The van der Waals surface area contributed by atoms with Crippen LogP contribution in [-0.4, -0.2) is 59.6 Å². The molecule has 1 atom stereocenters. The van der Waals surface area contributed by atoms with E-state index in [1.807, 2.05) is 30.3 Å². The van der Waals surface area contributed by atoms with Crippen LogP contribution in [0.2, 0.25) is 0 Å². The van der Waals surface area contributed by atoms with E-state index in [4.69, 9.17) is 9.78 Å². The van der Waals surface area contributed by atoms with Gasteiger partial charge in [0.05, 0.1) is 6.54 Å². The molecular formula is C17H17N5O2. The molecule has 0 radical (unpaired) electrons. The summed E-state index contributed by atoms with van der Waals surface area (Å²) in [5.74, 6) is 1.16. The first-order valence-corrected chi connectivity index (χ1v) is 7.98. The Kier molecular flexibility index (Phi) is 3.67. The summed E-state index contributed by atoms with van der Waals surface area (Å²) in [7, 11) is 0. The maximum absolute atomic E-state index is 12.8. The molecule has 2 aromatic rings. The standard InChI is InChI=1S/C17H17N5O2/c18-12-20-6-7-21-8-9-22(17(23)14(21)11-20)16-10-15(24-19-16)13-4-2-1-3-5-13/h1-5,10,14H,6-9,11H2. The van der Waals surface area contributed by atoms with Gasteiger partial charge in [0.1, 0.15) is 6.04 Å². The number of benzene rings is 1. The fraction of sp³-hybridized carbons (Fsp3) is 0.353. The molecule has 1 aromatic heterocycles. The Balaban J connectivity index is 1.56. The number of nitrogens with zero attached hydrogens (tertiary/aromatic N) is 5. The predicted octanol–water partition coefficient (Wildman–Crippen LogP) is 1.16. The van der Waals surface area contributed by atoms with Crippen molar-refractivity contribution in [1.82, 2.24) is 15.0 Å². The number of hydrogen-bond donors (Lipinski definition) is 0. The summed E-state index contributed by atoms with van der Waals surface area (Å²) < 4.78 is 5.41. The minimum absolute atomic E-state index is 0.0193. The molecule has 4 rings (SSSR count). The van der Waals surface area contributed by atoms with E-state index < -0.39 is 0 Å². The summed E-state index contributed by atoms with van der Waals surface area (Å²) in [5.41, 5.74) is 0.927. The molecule has 24 heavy (non-hydrogen) atoms. The third kappa shape index (κ3) is 2.51. The van der Waals surface area contributed by atoms with Crippen LogP contribution >= 0.6 is 0 Å². The largest absolute Gasteiger partial charge is 0.354 e. The fourth-order valence-electron chi connectivity index (χ4n) is 3.29. The molecule has 7 heteroatoms. The van der Waals surface area contributed by atoms with Crippen LogP contribution in [0.3, 0.4) is 0 Å². The molecule has 1 unspecified atom stereocenters. The van der Waals surface area contributed by atoms with Gasteiger partial charge in [-0.05, 0) is 0 Å². The zero-order valence-electron chi connectivity index (χ0n) is 13.1. The van der Waals surface area contributed by atoms with E-state index in [-0.39, 0.29) is 11.9 Å². The summed E-state index contributed by atoms with van der Waals surface area (Å²) in [6.07, 6.45) is 2.14. The van der Waals surface area contributed by atoms with Gasteiger partial charge >= 0.3 is 0 Å². The third-order valence-electron chi connectivity index (χ3n) is 4.63. The second-order valence-electron chi connectivity index (χ2n) is 6.00. The quantitative estimate of drug-likeness (QED) is 0.772. The van der Waals surface area contributed by atoms with Gasteiger partial charge in [0, 0.05) is 37.8 Å². The van der Waals surface area contributed by atoms with Gasteiger partial charge < -0.3 is 9.42 Å². The third-order valence-corrected chi connectivity index (χ3v) is 4.63. The zero-order valence-corrected chi connectivity index (χ0v) is 13.1. The lowest BCUT2D eigenvalue weighted by Gasteiger charge is -2.44. The number of carbonyl (C=O) groups excluding carboxylic acids is 1. The zero-order chi connectivity index (χ0) is 16.5. The van der Waals surface area contributed by atoms with Crippen molar-refractivity contribution < 1.29 is 9.32 Å². The normalized spacial score (nSPS) is 21.5. The van der Waals surface area contributed by atoms with Gasteiger partial charge in [-0.3, -0.25) is 14.6 Å². The Bertz CT molecular complexity index is 782. The lowest BCUT2D eigenvalue weighted by atomic mass is 10.1. The first kappa shape index (κ1) is 14.7. The Morgan fingerprint density at radius 2 is 1.96 bits per heavy atom. The van der Waals surface area contributed by atoms with Crippen molar-refractivity contribution in [1.29, 1.82) is 5.26 Å². The highest BCUT2D eigenvalue weighted by Gasteiger charge is 2.39. The van der Waals surface area contributed by atoms with E-state index >= 15 is 0 Å². The summed E-state index contributed by atoms with van der Waals surface area (Å²) in [4.78, 5) is 18.3. The maximum Gasteiger partial charge on any atom is 0.247 e. The van der Waals surface area contributed by atoms with E-state index in [0.29, 0.717) is 31.2 Å². The first-order valence-electron chi connectivity index (χ1n) is 7.98. The smallest absolute Gasteiger partial charge is 0.247 e. The van der Waals surface area contributed by atoms with Crippen molar-refractivity contribution >= 4 is 11.7 Å². The monoisotopic (exact) mass is 323 g/mol. The summed E-state index contributed by atoms with van der Waals surface area (Å²) in [5, 5.41) is 13.2. The predicted molar refractivity (Wildman–Crippen MR) is 86.8 cm³/mol. The molecule has 2 saturated heterocycles. The maximum atomic E-state index is 12.8. The lowest BCUT2D eigenvalue weighted by molar-refractivity contribution is -0.127. The minimum Gasteiger partial charge on any atom is -0.354 e. The van der Waals surface area contributed by atoms with Crippen molar-refractivity contribution in [2.24, 2.45) is 0 Å². The highest BCUT2D eigenvalue weighted by atomic mass is 16.5. The van der Waals surface area contributed by atoms with Crippen molar-refractivity contribution in [3.05, 3.63) is 36.4 Å². The summed E-state index contributed by atoms with van der Waals surface area (Å²) in [6, 6.07) is 11.2. The molecule has 0 spiro atoms. The van der Waals surface area contributed by atoms with Crippen LogP contribution in [0, 0.1) is 11.5 Å². The number of amides is 1. The Labute approximate surface area is 139 Å². The van der Waals surface area contributed by atoms with Gasteiger partial charge in [-0.1, -0.05) is 35.5 Å². The van der Waals surface area contributed by atoms with Gasteiger partial charge in [0.15, 0.2) is 17.8 Å². The molecule has 0 N–H and O–H groups in total. The van der Waals surface area contributed by atoms with E-state index in [1.165, 1.54) is 0 Å². The molecule has 0 saturated carbocycles. The molecule has 2 fully saturated rings. The Morgan fingerprint density at radius 3 is 2.75 bits per heavy atom. The minimum atomic E-state index is -0.288. The van der Waals surface area contributed by atoms with Gasteiger partial charge in [-0.25, -0.2) is 0 Å². The van der Waals surface area contributed by atoms with Crippen LogP contribution in [0.4, 0.5) is 5.82 Å². The first-order chi connectivity index (χ1) is 11.8. The molecular weight excluding hydrogens is 306 g/mol. The van der Waals surface area contributed by atoms with Crippen LogP contribution in [-0.2, 0) is 4.79 Å². The summed E-state index contributed by atoms with van der Waals surface area (Å²) in [6.45, 7) is 3.23. The molecule has 122 valence electrons. The summed E-state index contributed by atoms with van der Waals surface area (Å²) >= 11 is 0. The number of carbonyl (C=O) groups is 1. The van der Waals surface area contributed by atoms with E-state index in [9.17, 15) is 4.79 Å². The number of fused-ring (bicyclic) bond motifs is 1. The van der Waals surface area contributed by atoms with Crippen molar-refractivity contribution in [3.8, 4) is 17.5 Å². The highest BCUT2D eigenvalue weighted by Crippen LogP contribution is 2.27. The van der Waals surface area contributed by atoms with Crippen LogP contribution in [0.15, 0.2) is 40.9 Å². The van der Waals surface area contributed by atoms with E-state index in [1.54, 1.807) is 15.9 Å². The Morgan fingerprint density at radius 1 is 1.17 bits per heavy atom. The van der Waals surface area contributed by atoms with E-state index in [0.717, 1.165) is 18.7 Å². The molecule has 1 aromatic carbocycles. The van der Waals surface area contributed by atoms with Gasteiger partial charge in [-0.2, -0.15) is 5.26 Å². The average Bonchev–Trinajstić information content (AvgIpc) is 3.12. The average molecular weight is 323 g/mol. The fourth-order valence-corrected chi connectivity index (χ4v) is 3.29. The van der Waals surface area contributed by atoms with E-state index in [2.05, 4.69) is 16.2 Å². The molecule has 0 bridgehead atoms. The topological polar surface area (TPSA) is 76.6 Å². The van der Waals surface area contributed by atoms with Crippen molar-refractivity contribution in [2.75, 3.05) is 37.6 Å².